The summed E-state index contributed by atoms with van der Waals surface area (Å²) in [5.41, 5.74) is 7.82. The summed E-state index contributed by atoms with van der Waals surface area (Å²) >= 11 is 0. The van der Waals surface area contributed by atoms with Gasteiger partial charge in [-0.2, -0.15) is 0 Å². The number of nitrogens with two attached hydrogens (primary N) is 1. The topological polar surface area (TPSA) is 88.2 Å². The molecule has 0 saturated heterocycles. The summed E-state index contributed by atoms with van der Waals surface area (Å²) in [4.78, 5) is 15.9. The highest BCUT2D eigenvalue weighted by molar-refractivity contribution is 5.89. The van der Waals surface area contributed by atoms with Gasteiger partial charge in [-0.15, -0.1) is 0 Å². The van der Waals surface area contributed by atoms with E-state index in [2.05, 4.69) is 10.3 Å². The number of nitrogens with zero attached hydrogens (tertiary/aromatic N) is 1. The average molecular weight is 245 g/mol. The fraction of sp³-hybridized carbons (Fsp3) is 0.231. The van der Waals surface area contributed by atoms with Gasteiger partial charge in [0.1, 0.15) is 0 Å². The Balaban J connectivity index is 2.19. The number of rotatable bonds is 4. The van der Waals surface area contributed by atoms with Crippen LogP contribution in [-0.2, 0) is 11.2 Å². The molecule has 0 fully saturated rings. The van der Waals surface area contributed by atoms with Crippen LogP contribution in [-0.4, -0.2) is 29.1 Å². The van der Waals surface area contributed by atoms with E-state index >= 15 is 0 Å². The van der Waals surface area contributed by atoms with Crippen molar-refractivity contribution in [3.63, 3.8) is 0 Å². The van der Waals surface area contributed by atoms with Crippen LogP contribution in [0.25, 0.3) is 10.9 Å². The molecule has 0 spiro atoms. The highest BCUT2D eigenvalue weighted by Gasteiger charge is 2.06. The maximum Gasteiger partial charge on any atom is 0.226 e. The first-order valence-electron chi connectivity index (χ1n) is 5.72. The van der Waals surface area contributed by atoms with E-state index in [0.29, 0.717) is 16.9 Å². The molecule has 0 bridgehead atoms. The van der Waals surface area contributed by atoms with E-state index in [-0.39, 0.29) is 25.5 Å². The van der Waals surface area contributed by atoms with Gasteiger partial charge in [-0.05, 0) is 12.1 Å². The number of amides is 1. The standard InChI is InChI=1S/C13H15N3O2/c14-11-3-1-2-9-4-5-10(16-13(9)11)8-12(18)15-6-7-17/h1-5,17H,6-8,14H2,(H,15,18). The van der Waals surface area contributed by atoms with Gasteiger partial charge in [0.25, 0.3) is 0 Å². The first-order chi connectivity index (χ1) is 8.70. The Hall–Kier alpha value is -2.14. The molecule has 0 radical (unpaired) electrons. The monoisotopic (exact) mass is 245 g/mol. The third-order valence-corrected chi connectivity index (χ3v) is 2.58. The van der Waals surface area contributed by atoms with Crippen molar-refractivity contribution in [1.29, 1.82) is 0 Å². The summed E-state index contributed by atoms with van der Waals surface area (Å²) in [6.07, 6.45) is 0.185. The van der Waals surface area contributed by atoms with E-state index < -0.39 is 0 Å². The molecule has 0 atom stereocenters. The number of nitrogens with one attached hydrogen (secondary N) is 1. The molecule has 0 saturated carbocycles. The highest BCUT2D eigenvalue weighted by atomic mass is 16.3. The molecule has 94 valence electrons. The number of carbonyl (C=O) groups excluding carboxylic acids is 1. The molecule has 2 aromatic rings. The second-order valence-corrected chi connectivity index (χ2v) is 3.97. The van der Waals surface area contributed by atoms with Crippen molar-refractivity contribution < 1.29 is 9.90 Å². The van der Waals surface area contributed by atoms with Gasteiger partial charge in [0.05, 0.1) is 29.9 Å². The summed E-state index contributed by atoms with van der Waals surface area (Å²) in [5.74, 6) is -0.162. The zero-order valence-electron chi connectivity index (χ0n) is 9.89. The highest BCUT2D eigenvalue weighted by Crippen LogP contribution is 2.18. The van der Waals surface area contributed by atoms with Gasteiger partial charge in [-0.25, -0.2) is 0 Å². The number of benzene rings is 1. The molecule has 4 N–H and O–H groups in total. The lowest BCUT2D eigenvalue weighted by Crippen LogP contribution is -2.28. The van der Waals surface area contributed by atoms with Crippen LogP contribution >= 0.6 is 0 Å². The number of para-hydroxylation sites is 1. The molecule has 1 heterocycles. The molecule has 0 unspecified atom stereocenters. The Kier molecular flexibility index (Phi) is 3.74. The zero-order valence-corrected chi connectivity index (χ0v) is 9.89. The number of carbonyl (C=O) groups is 1. The average Bonchev–Trinajstić information content (AvgIpc) is 2.37. The number of pyridine rings is 1. The normalized spacial score (nSPS) is 10.5. The molecule has 0 aliphatic rings. The zero-order chi connectivity index (χ0) is 13.0. The SMILES string of the molecule is Nc1cccc2ccc(CC(=O)NCCO)nc12. The summed E-state index contributed by atoms with van der Waals surface area (Å²) in [6.45, 7) is 0.193. The van der Waals surface area contributed by atoms with Crippen LogP contribution in [0.3, 0.4) is 0 Å². The number of hydrogen-bond acceptors (Lipinski definition) is 4. The number of aliphatic hydroxyl groups excluding tert-OH is 1. The molecular weight excluding hydrogens is 230 g/mol. The van der Waals surface area contributed by atoms with Crippen LogP contribution in [0.1, 0.15) is 5.69 Å². The smallest absolute Gasteiger partial charge is 0.226 e. The number of aromatic nitrogens is 1. The van der Waals surface area contributed by atoms with Crippen LogP contribution < -0.4 is 11.1 Å². The van der Waals surface area contributed by atoms with Crippen LogP contribution in [0.15, 0.2) is 30.3 Å². The fourth-order valence-corrected chi connectivity index (χ4v) is 1.73. The minimum Gasteiger partial charge on any atom is -0.397 e. The van der Waals surface area contributed by atoms with Crippen molar-refractivity contribution in [1.82, 2.24) is 10.3 Å². The lowest BCUT2D eigenvalue weighted by molar-refractivity contribution is -0.120. The quantitative estimate of drug-likeness (QED) is 0.683. The van der Waals surface area contributed by atoms with Crippen molar-refractivity contribution in [2.24, 2.45) is 0 Å². The van der Waals surface area contributed by atoms with Gasteiger partial charge >= 0.3 is 0 Å². The Bertz CT molecular complexity index is 569. The number of hydrogen-bond donors (Lipinski definition) is 3. The van der Waals surface area contributed by atoms with E-state index in [9.17, 15) is 4.79 Å². The third-order valence-electron chi connectivity index (χ3n) is 2.58. The van der Waals surface area contributed by atoms with Crippen molar-refractivity contribution in [3.05, 3.63) is 36.0 Å². The van der Waals surface area contributed by atoms with E-state index in [1.54, 1.807) is 12.1 Å². The molecule has 5 heteroatoms. The predicted molar refractivity (Wildman–Crippen MR) is 70.0 cm³/mol. The number of nitrogen functional groups attached to an aromatic ring is 1. The van der Waals surface area contributed by atoms with E-state index in [4.69, 9.17) is 10.8 Å². The summed E-state index contributed by atoms with van der Waals surface area (Å²) in [5, 5.41) is 12.1. The molecule has 18 heavy (non-hydrogen) atoms. The summed E-state index contributed by atoms with van der Waals surface area (Å²) < 4.78 is 0. The maximum atomic E-state index is 11.5. The first kappa shape index (κ1) is 12.3. The van der Waals surface area contributed by atoms with Crippen LogP contribution in [0.4, 0.5) is 5.69 Å². The van der Waals surface area contributed by atoms with Gasteiger partial charge in [0.15, 0.2) is 0 Å². The first-order valence-corrected chi connectivity index (χ1v) is 5.72. The van der Waals surface area contributed by atoms with Crippen LogP contribution in [0, 0.1) is 0 Å². The number of fused-ring (bicyclic) bond motifs is 1. The predicted octanol–water partition coefficient (Wildman–Crippen LogP) is 0.468. The maximum absolute atomic E-state index is 11.5. The Labute approximate surface area is 105 Å². The molecule has 1 aromatic carbocycles. The van der Waals surface area contributed by atoms with Crippen molar-refractivity contribution in [2.75, 3.05) is 18.9 Å². The lowest BCUT2D eigenvalue weighted by atomic mass is 10.1. The second-order valence-electron chi connectivity index (χ2n) is 3.97. The van der Waals surface area contributed by atoms with Gasteiger partial charge in [-0.3, -0.25) is 9.78 Å². The summed E-state index contributed by atoms with van der Waals surface area (Å²) in [6, 6.07) is 9.28. The number of anilines is 1. The molecular formula is C13H15N3O2. The largest absolute Gasteiger partial charge is 0.397 e. The van der Waals surface area contributed by atoms with Crippen LogP contribution in [0.2, 0.25) is 0 Å². The molecule has 2 rings (SSSR count). The van der Waals surface area contributed by atoms with Gasteiger partial charge in [0, 0.05) is 11.9 Å². The van der Waals surface area contributed by atoms with Gasteiger partial charge < -0.3 is 16.2 Å². The van der Waals surface area contributed by atoms with Crippen LogP contribution in [0.5, 0.6) is 0 Å². The van der Waals surface area contributed by atoms with Gasteiger partial charge in [-0.1, -0.05) is 18.2 Å². The Morgan fingerprint density at radius 2 is 2.17 bits per heavy atom. The molecule has 5 nitrogen and oxygen atoms in total. The lowest BCUT2D eigenvalue weighted by Gasteiger charge is -2.05. The van der Waals surface area contributed by atoms with Gasteiger partial charge in [0.2, 0.25) is 5.91 Å². The molecule has 1 aromatic heterocycles. The van der Waals surface area contributed by atoms with E-state index in [1.165, 1.54) is 0 Å². The Morgan fingerprint density at radius 3 is 2.94 bits per heavy atom. The van der Waals surface area contributed by atoms with E-state index in [0.717, 1.165) is 5.39 Å². The second kappa shape index (κ2) is 5.46. The minimum absolute atomic E-state index is 0.0656. The molecule has 1 amide bonds. The Morgan fingerprint density at radius 1 is 1.33 bits per heavy atom. The van der Waals surface area contributed by atoms with Crippen molar-refractivity contribution in [3.8, 4) is 0 Å². The fourth-order valence-electron chi connectivity index (χ4n) is 1.73. The molecule has 0 aliphatic carbocycles. The third kappa shape index (κ3) is 2.75. The molecule has 0 aliphatic heterocycles. The van der Waals surface area contributed by atoms with Crippen molar-refractivity contribution in [2.45, 2.75) is 6.42 Å². The summed E-state index contributed by atoms with van der Waals surface area (Å²) in [7, 11) is 0. The van der Waals surface area contributed by atoms with E-state index in [1.807, 2.05) is 18.2 Å². The van der Waals surface area contributed by atoms with Crippen molar-refractivity contribution >= 4 is 22.5 Å². The number of aliphatic hydroxyl groups is 1. The minimum atomic E-state index is -0.162.